The molecule has 16 heavy (non-hydrogen) atoms. The molecule has 0 saturated heterocycles. The maximum Gasteiger partial charge on any atom is 0.189 e. The fourth-order valence-corrected chi connectivity index (χ4v) is 2.11. The molecule has 0 aromatic heterocycles. The van der Waals surface area contributed by atoms with Gasteiger partial charge in [0, 0.05) is 12.6 Å². The predicted molar refractivity (Wildman–Crippen MR) is 63.4 cm³/mol. The number of hydrogen-bond donors (Lipinski definition) is 1. The van der Waals surface area contributed by atoms with Gasteiger partial charge in [0.25, 0.3) is 0 Å². The van der Waals surface area contributed by atoms with Gasteiger partial charge in [0.1, 0.15) is 5.75 Å². The van der Waals surface area contributed by atoms with Gasteiger partial charge in [-0.25, -0.2) is 0 Å². The molecule has 1 aromatic carbocycles. The number of benzene rings is 1. The van der Waals surface area contributed by atoms with Crippen LogP contribution in [0.2, 0.25) is 0 Å². The molecule has 3 nitrogen and oxygen atoms in total. The first-order chi connectivity index (χ1) is 7.81. The van der Waals surface area contributed by atoms with Crippen LogP contribution in [-0.2, 0) is 11.2 Å². The van der Waals surface area contributed by atoms with Crippen molar-refractivity contribution in [1.29, 1.82) is 0 Å². The summed E-state index contributed by atoms with van der Waals surface area (Å²) in [6.45, 7) is 2.95. The molecule has 1 atom stereocenters. The number of aryl methyl sites for hydroxylation is 1. The minimum Gasteiger partial charge on any atom is -0.468 e. The second-order valence-corrected chi connectivity index (χ2v) is 4.11. The average molecular weight is 221 g/mol. The molecular formula is C13H19NO2. The van der Waals surface area contributed by atoms with E-state index in [0.717, 1.165) is 18.6 Å². The van der Waals surface area contributed by atoms with Crippen LogP contribution in [-0.4, -0.2) is 13.4 Å². The van der Waals surface area contributed by atoms with Crippen LogP contribution in [0.25, 0.3) is 0 Å². The second-order valence-electron chi connectivity index (χ2n) is 4.11. The molecule has 0 spiro atoms. The molecule has 0 amide bonds. The molecule has 0 radical (unpaired) electrons. The van der Waals surface area contributed by atoms with E-state index in [4.69, 9.17) is 15.2 Å². The lowest BCUT2D eigenvalue weighted by Crippen LogP contribution is -2.17. The molecule has 0 heterocycles. The highest BCUT2D eigenvalue weighted by atomic mass is 16.7. The monoisotopic (exact) mass is 221 g/mol. The van der Waals surface area contributed by atoms with E-state index >= 15 is 0 Å². The maximum atomic E-state index is 6.05. The van der Waals surface area contributed by atoms with Crippen LogP contribution < -0.4 is 10.5 Å². The Hall–Kier alpha value is -1.06. The van der Waals surface area contributed by atoms with Crippen molar-refractivity contribution < 1.29 is 9.47 Å². The second kappa shape index (κ2) is 5.32. The van der Waals surface area contributed by atoms with Crippen LogP contribution in [0.1, 0.15) is 36.9 Å². The Morgan fingerprint density at radius 1 is 1.44 bits per heavy atom. The Morgan fingerprint density at radius 3 is 3.12 bits per heavy atom. The van der Waals surface area contributed by atoms with Crippen LogP contribution in [0.3, 0.4) is 0 Å². The number of hydrogen-bond acceptors (Lipinski definition) is 3. The van der Waals surface area contributed by atoms with Gasteiger partial charge in [0.2, 0.25) is 0 Å². The molecule has 1 aromatic rings. The molecule has 1 aliphatic carbocycles. The highest BCUT2D eigenvalue weighted by Crippen LogP contribution is 2.30. The summed E-state index contributed by atoms with van der Waals surface area (Å²) < 4.78 is 10.6. The van der Waals surface area contributed by atoms with E-state index in [0.29, 0.717) is 13.4 Å². The molecule has 3 heteroatoms. The molecule has 0 bridgehead atoms. The van der Waals surface area contributed by atoms with Gasteiger partial charge in [0.15, 0.2) is 6.79 Å². The first-order valence-electron chi connectivity index (χ1n) is 5.90. The van der Waals surface area contributed by atoms with Crippen LogP contribution in [0.4, 0.5) is 0 Å². The summed E-state index contributed by atoms with van der Waals surface area (Å²) in [5.74, 6) is 0.876. The highest BCUT2D eigenvalue weighted by Gasteiger charge is 2.16. The van der Waals surface area contributed by atoms with Crippen molar-refractivity contribution in [3.63, 3.8) is 0 Å². The third-order valence-electron chi connectivity index (χ3n) is 2.99. The summed E-state index contributed by atoms with van der Waals surface area (Å²) in [5, 5.41) is 0. The average Bonchev–Trinajstić information content (AvgIpc) is 2.30. The minimum absolute atomic E-state index is 0.199. The first-order valence-corrected chi connectivity index (χ1v) is 5.90. The van der Waals surface area contributed by atoms with Gasteiger partial charge < -0.3 is 15.2 Å². The predicted octanol–water partition coefficient (Wildman–Crippen LogP) is 2.40. The Morgan fingerprint density at radius 2 is 2.31 bits per heavy atom. The molecule has 88 valence electrons. The first kappa shape index (κ1) is 11.4. The zero-order valence-electron chi connectivity index (χ0n) is 9.74. The van der Waals surface area contributed by atoms with Gasteiger partial charge in [-0.3, -0.25) is 0 Å². The zero-order valence-corrected chi connectivity index (χ0v) is 9.74. The fraction of sp³-hybridized carbons (Fsp3) is 0.538. The van der Waals surface area contributed by atoms with Gasteiger partial charge in [-0.2, -0.15) is 0 Å². The third kappa shape index (κ3) is 2.54. The maximum absolute atomic E-state index is 6.05. The van der Waals surface area contributed by atoms with Crippen molar-refractivity contribution in [1.82, 2.24) is 0 Å². The van der Waals surface area contributed by atoms with Gasteiger partial charge >= 0.3 is 0 Å². The molecule has 2 rings (SSSR count). The van der Waals surface area contributed by atoms with Crippen LogP contribution in [0.15, 0.2) is 18.2 Å². The summed E-state index contributed by atoms with van der Waals surface area (Å²) in [5.41, 5.74) is 8.65. The lowest BCUT2D eigenvalue weighted by molar-refractivity contribution is 0.0223. The van der Waals surface area contributed by atoms with Crippen molar-refractivity contribution in [2.45, 2.75) is 32.2 Å². The number of rotatable bonds is 4. The van der Waals surface area contributed by atoms with Crippen LogP contribution in [0.5, 0.6) is 5.75 Å². The largest absolute Gasteiger partial charge is 0.468 e. The summed E-state index contributed by atoms with van der Waals surface area (Å²) in [6, 6.07) is 6.35. The van der Waals surface area contributed by atoms with Gasteiger partial charge in [-0.15, -0.1) is 0 Å². The summed E-state index contributed by atoms with van der Waals surface area (Å²) in [7, 11) is 0. The lowest BCUT2D eigenvalue weighted by Gasteiger charge is -2.22. The van der Waals surface area contributed by atoms with E-state index in [1.807, 2.05) is 13.0 Å². The van der Waals surface area contributed by atoms with E-state index in [9.17, 15) is 0 Å². The smallest absolute Gasteiger partial charge is 0.189 e. The Bertz CT molecular complexity index is 352. The van der Waals surface area contributed by atoms with E-state index in [1.54, 1.807) is 0 Å². The fourth-order valence-electron chi connectivity index (χ4n) is 2.11. The summed E-state index contributed by atoms with van der Waals surface area (Å²) >= 11 is 0. The molecule has 1 aliphatic rings. The zero-order chi connectivity index (χ0) is 11.4. The van der Waals surface area contributed by atoms with Gasteiger partial charge in [0.05, 0.1) is 0 Å². The van der Waals surface area contributed by atoms with Gasteiger partial charge in [-0.1, -0.05) is 6.07 Å². The molecule has 2 N–H and O–H groups in total. The lowest BCUT2D eigenvalue weighted by atomic mass is 9.88. The highest BCUT2D eigenvalue weighted by molar-refractivity contribution is 5.38. The van der Waals surface area contributed by atoms with Crippen molar-refractivity contribution >= 4 is 0 Å². The Kier molecular flexibility index (Phi) is 3.80. The van der Waals surface area contributed by atoms with Crippen LogP contribution >= 0.6 is 0 Å². The van der Waals surface area contributed by atoms with Crippen LogP contribution in [0, 0.1) is 0 Å². The molecule has 0 fully saturated rings. The van der Waals surface area contributed by atoms with Crippen molar-refractivity contribution in [3.05, 3.63) is 29.3 Å². The summed E-state index contributed by atoms with van der Waals surface area (Å²) in [6.07, 6.45) is 3.37. The Balaban J connectivity index is 2.06. The van der Waals surface area contributed by atoms with E-state index in [2.05, 4.69) is 12.1 Å². The number of ether oxygens (including phenoxy) is 2. The van der Waals surface area contributed by atoms with E-state index in [-0.39, 0.29) is 6.04 Å². The molecule has 0 saturated carbocycles. The topological polar surface area (TPSA) is 44.5 Å². The molecule has 1 unspecified atom stereocenters. The molecule has 0 aliphatic heterocycles. The Labute approximate surface area is 96.5 Å². The van der Waals surface area contributed by atoms with E-state index in [1.165, 1.54) is 17.5 Å². The number of fused-ring (bicyclic) bond motifs is 1. The van der Waals surface area contributed by atoms with Crippen molar-refractivity contribution in [2.75, 3.05) is 13.4 Å². The minimum atomic E-state index is 0.199. The normalized spacial score (nSPS) is 19.2. The third-order valence-corrected chi connectivity index (χ3v) is 2.99. The standard InChI is InChI=1S/C13H19NO2/c1-2-15-9-16-11-6-7-12-10(8-11)4-3-5-13(12)14/h6-8,13H,2-5,9,14H2,1H3. The summed E-state index contributed by atoms with van der Waals surface area (Å²) in [4.78, 5) is 0. The SMILES string of the molecule is CCOCOc1ccc2c(c1)CCCC2N. The van der Waals surface area contributed by atoms with Crippen molar-refractivity contribution in [3.8, 4) is 5.75 Å². The number of nitrogens with two attached hydrogens (primary N) is 1. The van der Waals surface area contributed by atoms with Crippen molar-refractivity contribution in [2.24, 2.45) is 5.73 Å². The molecular weight excluding hydrogens is 202 g/mol. The van der Waals surface area contributed by atoms with E-state index < -0.39 is 0 Å². The quantitative estimate of drug-likeness (QED) is 0.627. The van der Waals surface area contributed by atoms with Gasteiger partial charge in [-0.05, 0) is 49.4 Å².